The molecule has 0 radical (unpaired) electrons. The van der Waals surface area contributed by atoms with Crippen LogP contribution in [-0.4, -0.2) is 28.6 Å². The first kappa shape index (κ1) is 12.3. The van der Waals surface area contributed by atoms with Crippen molar-refractivity contribution in [1.29, 1.82) is 0 Å². The molecule has 0 saturated carbocycles. The molecule has 0 aliphatic carbocycles. The quantitative estimate of drug-likeness (QED) is 0.766. The first-order valence-electron chi connectivity index (χ1n) is 4.93. The number of pyridine rings is 1. The highest BCUT2D eigenvalue weighted by atomic mass is 32.2. The Morgan fingerprint density at radius 2 is 2.06 bits per heavy atom. The fourth-order valence-electron chi connectivity index (χ4n) is 1.16. The minimum Gasteiger partial charge on any atom is -0.325 e. The smallest absolute Gasteiger partial charge is 0.265 e. The summed E-state index contributed by atoms with van der Waals surface area (Å²) in [5, 5.41) is 7.05. The predicted molar refractivity (Wildman–Crippen MR) is 62.8 cm³/mol. The maximum atomic E-state index is 11.9. The van der Waals surface area contributed by atoms with Crippen molar-refractivity contribution in [1.82, 2.24) is 20.2 Å². The van der Waals surface area contributed by atoms with Crippen molar-refractivity contribution in [2.24, 2.45) is 5.73 Å². The van der Waals surface area contributed by atoms with Crippen molar-refractivity contribution in [3.8, 4) is 0 Å². The van der Waals surface area contributed by atoms with Gasteiger partial charge in [-0.25, -0.2) is 18.1 Å². The molecule has 3 N–H and O–H groups in total. The van der Waals surface area contributed by atoms with E-state index >= 15 is 0 Å². The minimum absolute atomic E-state index is 0.00662. The highest BCUT2D eigenvalue weighted by Gasteiger charge is 2.15. The summed E-state index contributed by atoms with van der Waals surface area (Å²) in [6, 6.07) is 2.95. The SMILES string of the molecule is NCc1ccc(S(=O)(=O)Nc2nccnn2)cn1. The third-order valence-corrected chi connectivity index (χ3v) is 3.34. The molecule has 0 aliphatic rings. The van der Waals surface area contributed by atoms with Crippen molar-refractivity contribution >= 4 is 16.0 Å². The molecule has 0 saturated heterocycles. The van der Waals surface area contributed by atoms with Crippen molar-refractivity contribution in [2.75, 3.05) is 4.72 Å². The van der Waals surface area contributed by atoms with Gasteiger partial charge < -0.3 is 5.73 Å². The molecule has 0 spiro atoms. The van der Waals surface area contributed by atoms with Crippen LogP contribution in [0.15, 0.2) is 35.6 Å². The molecule has 0 unspecified atom stereocenters. The molecule has 0 atom stereocenters. The predicted octanol–water partition coefficient (Wildman–Crippen LogP) is -0.474. The average molecular weight is 266 g/mol. The van der Waals surface area contributed by atoms with Crippen LogP contribution in [0.1, 0.15) is 5.69 Å². The van der Waals surface area contributed by atoms with Crippen LogP contribution in [0.25, 0.3) is 0 Å². The normalized spacial score (nSPS) is 11.2. The molecule has 94 valence electrons. The largest absolute Gasteiger partial charge is 0.325 e. The van der Waals surface area contributed by atoms with E-state index in [2.05, 4.69) is 24.9 Å². The van der Waals surface area contributed by atoms with Gasteiger partial charge in [0.2, 0.25) is 0 Å². The Labute approximate surface area is 103 Å². The number of nitrogens with one attached hydrogen (secondary N) is 1. The second kappa shape index (κ2) is 5.02. The Morgan fingerprint density at radius 3 is 2.61 bits per heavy atom. The van der Waals surface area contributed by atoms with E-state index in [1.165, 1.54) is 24.7 Å². The number of aromatic nitrogens is 4. The Hall–Kier alpha value is -2.13. The number of hydrogen-bond donors (Lipinski definition) is 2. The van der Waals surface area contributed by atoms with Crippen molar-refractivity contribution < 1.29 is 8.42 Å². The second-order valence-corrected chi connectivity index (χ2v) is 4.94. The topological polar surface area (TPSA) is 124 Å². The summed E-state index contributed by atoms with van der Waals surface area (Å²) in [5.41, 5.74) is 5.98. The summed E-state index contributed by atoms with van der Waals surface area (Å²) >= 11 is 0. The lowest BCUT2D eigenvalue weighted by Crippen LogP contribution is -2.15. The molecule has 0 bridgehead atoms. The van der Waals surface area contributed by atoms with Crippen molar-refractivity contribution in [3.05, 3.63) is 36.4 Å². The molecule has 9 heteroatoms. The Balaban J connectivity index is 2.25. The third-order valence-electron chi connectivity index (χ3n) is 2.03. The van der Waals surface area contributed by atoms with E-state index < -0.39 is 10.0 Å². The number of nitrogens with two attached hydrogens (primary N) is 1. The fourth-order valence-corrected chi connectivity index (χ4v) is 2.05. The molecule has 0 aromatic carbocycles. The monoisotopic (exact) mass is 266 g/mol. The number of hydrogen-bond acceptors (Lipinski definition) is 7. The van der Waals surface area contributed by atoms with Crippen LogP contribution in [0, 0.1) is 0 Å². The van der Waals surface area contributed by atoms with Gasteiger partial charge in [-0.15, -0.1) is 5.10 Å². The van der Waals surface area contributed by atoms with Crippen LogP contribution in [-0.2, 0) is 16.6 Å². The Kier molecular flexibility index (Phi) is 3.44. The van der Waals surface area contributed by atoms with E-state index in [1.807, 2.05) is 0 Å². The molecule has 0 aliphatic heterocycles. The molecule has 8 nitrogen and oxygen atoms in total. The van der Waals surface area contributed by atoms with E-state index in [9.17, 15) is 8.42 Å². The maximum absolute atomic E-state index is 11.9. The van der Waals surface area contributed by atoms with Gasteiger partial charge >= 0.3 is 0 Å². The molecule has 2 aromatic heterocycles. The zero-order valence-electron chi connectivity index (χ0n) is 9.18. The highest BCUT2D eigenvalue weighted by molar-refractivity contribution is 7.92. The molecular formula is C9H10N6O2S. The highest BCUT2D eigenvalue weighted by Crippen LogP contribution is 2.11. The Morgan fingerprint density at radius 1 is 1.22 bits per heavy atom. The molecule has 2 heterocycles. The van der Waals surface area contributed by atoms with E-state index in [1.54, 1.807) is 6.07 Å². The van der Waals surface area contributed by atoms with Gasteiger partial charge in [-0.2, -0.15) is 5.10 Å². The average Bonchev–Trinajstić information content (AvgIpc) is 2.39. The van der Waals surface area contributed by atoms with Gasteiger partial charge in [0.1, 0.15) is 4.90 Å². The fraction of sp³-hybridized carbons (Fsp3) is 0.111. The van der Waals surface area contributed by atoms with Gasteiger partial charge in [-0.05, 0) is 12.1 Å². The first-order chi connectivity index (χ1) is 8.62. The van der Waals surface area contributed by atoms with Crippen LogP contribution in [0.2, 0.25) is 0 Å². The summed E-state index contributed by atoms with van der Waals surface area (Å²) in [4.78, 5) is 7.63. The van der Waals surface area contributed by atoms with Crippen LogP contribution >= 0.6 is 0 Å². The van der Waals surface area contributed by atoms with E-state index in [0.717, 1.165) is 0 Å². The number of sulfonamides is 1. The standard InChI is InChI=1S/C9H10N6O2S/c10-5-7-1-2-8(6-12-7)18(16,17)15-9-11-3-4-13-14-9/h1-4,6H,5,10H2,(H,11,14,15). The van der Waals surface area contributed by atoms with Gasteiger partial charge in [-0.3, -0.25) is 4.98 Å². The maximum Gasteiger partial charge on any atom is 0.265 e. The van der Waals surface area contributed by atoms with Crippen molar-refractivity contribution in [3.63, 3.8) is 0 Å². The van der Waals surface area contributed by atoms with Gasteiger partial charge in [0.25, 0.3) is 16.0 Å². The molecule has 18 heavy (non-hydrogen) atoms. The lowest BCUT2D eigenvalue weighted by atomic mass is 10.4. The van der Waals surface area contributed by atoms with Gasteiger partial charge in [0.05, 0.1) is 18.1 Å². The zero-order valence-corrected chi connectivity index (χ0v) is 10.0. The number of nitrogens with zero attached hydrogens (tertiary/aromatic N) is 4. The molecule has 2 aromatic rings. The molecular weight excluding hydrogens is 256 g/mol. The van der Waals surface area contributed by atoms with E-state index in [0.29, 0.717) is 5.69 Å². The van der Waals surface area contributed by atoms with Crippen LogP contribution < -0.4 is 10.5 Å². The summed E-state index contributed by atoms with van der Waals surface area (Å²) < 4.78 is 26.0. The van der Waals surface area contributed by atoms with Gasteiger partial charge in [-0.1, -0.05) is 0 Å². The van der Waals surface area contributed by atoms with E-state index in [4.69, 9.17) is 5.73 Å². The Bertz CT molecular complexity index is 613. The van der Waals surface area contributed by atoms with Crippen LogP contribution in [0.3, 0.4) is 0 Å². The van der Waals surface area contributed by atoms with Gasteiger partial charge in [0, 0.05) is 12.7 Å². The van der Waals surface area contributed by atoms with Crippen molar-refractivity contribution in [2.45, 2.75) is 11.4 Å². The number of rotatable bonds is 4. The summed E-state index contributed by atoms with van der Waals surface area (Å²) in [7, 11) is -3.76. The minimum atomic E-state index is -3.76. The van der Waals surface area contributed by atoms with Crippen LogP contribution in [0.5, 0.6) is 0 Å². The second-order valence-electron chi connectivity index (χ2n) is 3.26. The van der Waals surface area contributed by atoms with E-state index in [-0.39, 0.29) is 17.4 Å². The molecule has 0 fully saturated rings. The lowest BCUT2D eigenvalue weighted by Gasteiger charge is -2.05. The molecule has 0 amide bonds. The van der Waals surface area contributed by atoms with Crippen LogP contribution in [0.4, 0.5) is 5.95 Å². The third kappa shape index (κ3) is 2.76. The zero-order chi connectivity index (χ0) is 13.0. The lowest BCUT2D eigenvalue weighted by molar-refractivity contribution is 0.600. The van der Waals surface area contributed by atoms with Gasteiger partial charge in [0.15, 0.2) is 0 Å². The summed E-state index contributed by atoms with van der Waals surface area (Å²) in [6.45, 7) is 0.249. The summed E-state index contributed by atoms with van der Waals surface area (Å²) in [5.74, 6) is -0.0969. The number of anilines is 1. The summed E-state index contributed by atoms with van der Waals surface area (Å²) in [6.07, 6.45) is 3.90. The first-order valence-corrected chi connectivity index (χ1v) is 6.41. The molecule has 2 rings (SSSR count).